The van der Waals surface area contributed by atoms with Crippen molar-refractivity contribution in [3.05, 3.63) is 23.3 Å². The summed E-state index contributed by atoms with van der Waals surface area (Å²) in [5, 5.41) is 0. The van der Waals surface area contributed by atoms with Crippen LogP contribution >= 0.6 is 0 Å². The van der Waals surface area contributed by atoms with Gasteiger partial charge in [-0.3, -0.25) is 0 Å². The highest BCUT2D eigenvalue weighted by Gasteiger charge is 2.13. The number of aromatic nitrogens is 2. The van der Waals surface area contributed by atoms with Gasteiger partial charge in [0.15, 0.2) is 0 Å². The van der Waals surface area contributed by atoms with E-state index >= 15 is 0 Å². The molecule has 0 amide bonds. The van der Waals surface area contributed by atoms with E-state index in [-0.39, 0.29) is 5.69 Å². The van der Waals surface area contributed by atoms with Crippen molar-refractivity contribution in [2.45, 2.75) is 40.5 Å². The molecule has 0 N–H and O–H groups in total. The number of aryl methyl sites for hydroxylation is 2. The zero-order valence-electron chi connectivity index (χ0n) is 9.01. The normalized spacial score (nSPS) is 9.64. The van der Waals surface area contributed by atoms with Crippen LogP contribution in [0.2, 0.25) is 0 Å². The van der Waals surface area contributed by atoms with E-state index in [0.717, 1.165) is 0 Å². The summed E-state index contributed by atoms with van der Waals surface area (Å²) in [6.45, 7) is 7.41. The molecule has 0 atom stereocenters. The molecule has 2 nitrogen and oxygen atoms in total. The maximum Gasteiger partial charge on any atom is 0.280 e. The van der Waals surface area contributed by atoms with Gasteiger partial charge in [0.1, 0.15) is 11.5 Å². The van der Waals surface area contributed by atoms with Crippen molar-refractivity contribution in [2.24, 2.45) is 0 Å². The highest BCUT2D eigenvalue weighted by Crippen LogP contribution is 2.20. The van der Waals surface area contributed by atoms with Gasteiger partial charge in [-0.1, -0.05) is 20.8 Å². The molecule has 4 heteroatoms. The minimum atomic E-state index is -2.50. The number of rotatable bonds is 2. The van der Waals surface area contributed by atoms with Gasteiger partial charge >= 0.3 is 0 Å². The Morgan fingerprint density at radius 3 is 2.36 bits per heavy atom. The van der Waals surface area contributed by atoms with Crippen molar-refractivity contribution in [3.8, 4) is 0 Å². The molecule has 1 aromatic rings. The number of hydrogen-bond acceptors (Lipinski definition) is 2. The molecule has 0 aliphatic rings. The van der Waals surface area contributed by atoms with Crippen LogP contribution in [0.1, 0.15) is 44.3 Å². The fraction of sp³-hybridized carbons (Fsp3) is 0.600. The van der Waals surface area contributed by atoms with Gasteiger partial charge < -0.3 is 0 Å². The van der Waals surface area contributed by atoms with Crippen molar-refractivity contribution >= 4 is 0 Å². The van der Waals surface area contributed by atoms with Gasteiger partial charge in [-0.05, 0) is 18.9 Å². The molecule has 0 fully saturated rings. The molecule has 14 heavy (non-hydrogen) atoms. The zero-order valence-corrected chi connectivity index (χ0v) is 9.01. The fourth-order valence-electron chi connectivity index (χ4n) is 0.974. The third-order valence-electron chi connectivity index (χ3n) is 1.61. The summed E-state index contributed by atoms with van der Waals surface area (Å²) in [6, 6.07) is 0. The predicted molar refractivity (Wildman–Crippen MR) is 52.5 cm³/mol. The maximum absolute atomic E-state index is 12.3. The zero-order chi connectivity index (χ0) is 11.1. The summed E-state index contributed by atoms with van der Waals surface area (Å²) < 4.78 is 24.6. The molecular weight excluding hydrogens is 186 g/mol. The lowest BCUT2D eigenvalue weighted by atomic mass is 10.2. The van der Waals surface area contributed by atoms with Gasteiger partial charge in [0.25, 0.3) is 6.43 Å². The van der Waals surface area contributed by atoms with E-state index in [1.165, 1.54) is 6.20 Å². The van der Waals surface area contributed by atoms with E-state index in [1.807, 2.05) is 13.8 Å². The summed E-state index contributed by atoms with van der Waals surface area (Å²) in [5.74, 6) is 0.391. The summed E-state index contributed by atoms with van der Waals surface area (Å²) in [6.07, 6.45) is -0.495. The van der Waals surface area contributed by atoms with Crippen molar-refractivity contribution in [1.82, 2.24) is 9.97 Å². The summed E-state index contributed by atoms with van der Waals surface area (Å²) >= 11 is 0. The molecule has 0 saturated heterocycles. The third kappa shape index (κ3) is 3.36. The van der Waals surface area contributed by atoms with Crippen molar-refractivity contribution in [3.63, 3.8) is 0 Å². The Morgan fingerprint density at radius 1 is 1.36 bits per heavy atom. The molecule has 0 radical (unpaired) electrons. The lowest BCUT2D eigenvalue weighted by Gasteiger charge is -2.04. The number of alkyl halides is 2. The molecule has 0 aliphatic heterocycles. The van der Waals surface area contributed by atoms with Crippen LogP contribution in [0.4, 0.5) is 8.78 Å². The summed E-state index contributed by atoms with van der Waals surface area (Å²) in [7, 11) is 0. The topological polar surface area (TPSA) is 25.8 Å². The number of halogens is 2. The average Bonchev–Trinajstić information content (AvgIpc) is 2.20. The van der Waals surface area contributed by atoms with E-state index in [2.05, 4.69) is 9.97 Å². The second-order valence-corrected chi connectivity index (χ2v) is 2.48. The third-order valence-corrected chi connectivity index (χ3v) is 1.61. The second-order valence-electron chi connectivity index (χ2n) is 2.48. The average molecular weight is 202 g/mol. The highest BCUT2D eigenvalue weighted by atomic mass is 19.3. The Balaban J connectivity index is 0.000000791. The molecule has 0 aromatic carbocycles. The van der Waals surface area contributed by atoms with Gasteiger partial charge in [0, 0.05) is 6.20 Å². The molecule has 0 saturated carbocycles. The monoisotopic (exact) mass is 202 g/mol. The molecule has 1 rings (SSSR count). The standard InChI is InChI=1S/C8H10F2N2.C2H6/c1-3-6-4-11-5(2)12-7(6)8(9)10;1-2/h4,8H,3H2,1-2H3;1-2H3. The fourth-order valence-corrected chi connectivity index (χ4v) is 0.974. The highest BCUT2D eigenvalue weighted by molar-refractivity contribution is 5.18. The Bertz CT molecular complexity index is 275. The Morgan fingerprint density at radius 2 is 1.93 bits per heavy atom. The van der Waals surface area contributed by atoms with E-state index in [1.54, 1.807) is 13.8 Å². The van der Waals surface area contributed by atoms with Gasteiger partial charge in [0.2, 0.25) is 0 Å². The van der Waals surface area contributed by atoms with Gasteiger partial charge in [-0.15, -0.1) is 0 Å². The van der Waals surface area contributed by atoms with Crippen LogP contribution in [0.25, 0.3) is 0 Å². The van der Waals surface area contributed by atoms with Crippen molar-refractivity contribution < 1.29 is 8.78 Å². The maximum atomic E-state index is 12.3. The molecule has 0 bridgehead atoms. The van der Waals surface area contributed by atoms with Crippen molar-refractivity contribution in [2.75, 3.05) is 0 Å². The van der Waals surface area contributed by atoms with Crippen LogP contribution in [0.3, 0.4) is 0 Å². The first-order chi connectivity index (χ1) is 6.65. The lowest BCUT2D eigenvalue weighted by Crippen LogP contribution is -2.01. The SMILES string of the molecule is CC.CCc1cnc(C)nc1C(F)F. The van der Waals surface area contributed by atoms with Gasteiger partial charge in [-0.2, -0.15) is 0 Å². The molecular formula is C10H16F2N2. The van der Waals surface area contributed by atoms with E-state index in [4.69, 9.17) is 0 Å². The van der Waals surface area contributed by atoms with E-state index in [9.17, 15) is 8.78 Å². The van der Waals surface area contributed by atoms with Crippen LogP contribution in [0.5, 0.6) is 0 Å². The Hall–Kier alpha value is -1.06. The lowest BCUT2D eigenvalue weighted by molar-refractivity contribution is 0.144. The first-order valence-corrected chi connectivity index (χ1v) is 4.75. The van der Waals surface area contributed by atoms with Crippen LogP contribution < -0.4 is 0 Å². The summed E-state index contributed by atoms with van der Waals surface area (Å²) in [4.78, 5) is 7.53. The Labute approximate surface area is 83.4 Å². The second kappa shape index (κ2) is 6.40. The molecule has 0 unspecified atom stereocenters. The minimum Gasteiger partial charge on any atom is -0.241 e. The first-order valence-electron chi connectivity index (χ1n) is 4.75. The smallest absolute Gasteiger partial charge is 0.241 e. The van der Waals surface area contributed by atoms with Gasteiger partial charge in [0.05, 0.1) is 0 Å². The quantitative estimate of drug-likeness (QED) is 0.735. The van der Waals surface area contributed by atoms with Crippen molar-refractivity contribution in [1.29, 1.82) is 0 Å². The van der Waals surface area contributed by atoms with E-state index in [0.29, 0.717) is 17.8 Å². The summed E-state index contributed by atoms with van der Waals surface area (Å²) in [5.41, 5.74) is 0.389. The molecule has 1 aromatic heterocycles. The van der Waals surface area contributed by atoms with Crippen LogP contribution in [-0.4, -0.2) is 9.97 Å². The van der Waals surface area contributed by atoms with Crippen LogP contribution in [-0.2, 0) is 6.42 Å². The molecule has 80 valence electrons. The first kappa shape index (κ1) is 12.9. The predicted octanol–water partition coefficient (Wildman–Crippen LogP) is 3.31. The molecule has 0 aliphatic carbocycles. The molecule has 0 spiro atoms. The van der Waals surface area contributed by atoms with Crippen LogP contribution in [0.15, 0.2) is 6.20 Å². The number of nitrogens with zero attached hydrogens (tertiary/aromatic N) is 2. The van der Waals surface area contributed by atoms with E-state index < -0.39 is 6.43 Å². The number of hydrogen-bond donors (Lipinski definition) is 0. The minimum absolute atomic E-state index is 0.134. The van der Waals surface area contributed by atoms with Gasteiger partial charge in [-0.25, -0.2) is 18.7 Å². The Kier molecular flexibility index (Phi) is 5.92. The van der Waals surface area contributed by atoms with Crippen LogP contribution in [0, 0.1) is 6.92 Å². The molecule has 1 heterocycles. The largest absolute Gasteiger partial charge is 0.280 e.